The molecule has 1 fully saturated rings. The van der Waals surface area contributed by atoms with Crippen molar-refractivity contribution in [2.24, 2.45) is 5.41 Å². The molecule has 1 rings (SSSR count). The molecular formula is C9H18N2O3. The van der Waals surface area contributed by atoms with Gasteiger partial charge in [-0.05, 0) is 0 Å². The zero-order chi connectivity index (χ0) is 10.6. The smallest absolute Gasteiger partial charge is 0.147 e. The van der Waals surface area contributed by atoms with Crippen molar-refractivity contribution < 1.29 is 14.4 Å². The van der Waals surface area contributed by atoms with Crippen molar-refractivity contribution in [3.05, 3.63) is 0 Å². The van der Waals surface area contributed by atoms with E-state index in [1.807, 2.05) is 0 Å². The van der Waals surface area contributed by atoms with Gasteiger partial charge in [-0.3, -0.25) is 10.2 Å². The van der Waals surface area contributed by atoms with E-state index in [-0.39, 0.29) is 18.2 Å². The van der Waals surface area contributed by atoms with E-state index in [0.717, 1.165) is 12.8 Å². The third-order valence-corrected chi connectivity index (χ3v) is 2.31. The molecule has 1 aliphatic rings. The van der Waals surface area contributed by atoms with Crippen LogP contribution in [-0.4, -0.2) is 44.5 Å². The van der Waals surface area contributed by atoms with Crippen LogP contribution in [0.5, 0.6) is 0 Å². The van der Waals surface area contributed by atoms with E-state index in [1.165, 1.54) is 0 Å². The highest BCUT2D eigenvalue weighted by Crippen LogP contribution is 2.25. The molecule has 1 unspecified atom stereocenters. The fourth-order valence-electron chi connectivity index (χ4n) is 1.68. The molecule has 0 saturated carbocycles. The van der Waals surface area contributed by atoms with Crippen LogP contribution < -0.4 is 5.32 Å². The first-order valence-electron chi connectivity index (χ1n) is 4.68. The van der Waals surface area contributed by atoms with Gasteiger partial charge in [0.1, 0.15) is 19.1 Å². The standard InChI is InChI=1S/C9H18N2O3/c1-9(2)6-11(14-5-4-12)7-10-8(9)13-3/h4,8,10H,5-7H2,1-3H3. The summed E-state index contributed by atoms with van der Waals surface area (Å²) in [6, 6.07) is 0. The number of carbonyl (C=O) groups is 1. The monoisotopic (exact) mass is 202 g/mol. The summed E-state index contributed by atoms with van der Waals surface area (Å²) in [7, 11) is 1.68. The predicted molar refractivity (Wildman–Crippen MR) is 51.3 cm³/mol. The second-order valence-electron chi connectivity index (χ2n) is 4.07. The van der Waals surface area contributed by atoms with Crippen LogP contribution in [-0.2, 0) is 14.4 Å². The first-order chi connectivity index (χ1) is 6.60. The van der Waals surface area contributed by atoms with Crippen molar-refractivity contribution in [3.63, 3.8) is 0 Å². The molecule has 0 bridgehead atoms. The van der Waals surface area contributed by atoms with E-state index in [4.69, 9.17) is 9.57 Å². The number of hydrogen-bond acceptors (Lipinski definition) is 5. The van der Waals surface area contributed by atoms with Crippen molar-refractivity contribution in [1.82, 2.24) is 10.4 Å². The lowest BCUT2D eigenvalue weighted by Gasteiger charge is -2.42. The fourth-order valence-corrected chi connectivity index (χ4v) is 1.68. The minimum Gasteiger partial charge on any atom is -0.366 e. The average Bonchev–Trinajstić information content (AvgIpc) is 2.13. The molecule has 1 aliphatic heterocycles. The van der Waals surface area contributed by atoms with E-state index in [1.54, 1.807) is 12.2 Å². The second-order valence-corrected chi connectivity index (χ2v) is 4.07. The van der Waals surface area contributed by atoms with Crippen LogP contribution in [0.25, 0.3) is 0 Å². The van der Waals surface area contributed by atoms with Crippen LogP contribution in [0, 0.1) is 5.41 Å². The number of hydroxylamine groups is 2. The second kappa shape index (κ2) is 4.84. The Kier molecular flexibility index (Phi) is 4.00. The largest absolute Gasteiger partial charge is 0.366 e. The summed E-state index contributed by atoms with van der Waals surface area (Å²) < 4.78 is 5.30. The lowest BCUT2D eigenvalue weighted by Crippen LogP contribution is -2.58. The number of methoxy groups -OCH3 is 1. The molecule has 0 radical (unpaired) electrons. The fraction of sp³-hybridized carbons (Fsp3) is 0.889. The van der Waals surface area contributed by atoms with Gasteiger partial charge in [0.2, 0.25) is 0 Å². The molecule has 82 valence electrons. The maximum absolute atomic E-state index is 10.1. The van der Waals surface area contributed by atoms with Gasteiger partial charge in [0.15, 0.2) is 0 Å². The van der Waals surface area contributed by atoms with Crippen molar-refractivity contribution in [2.45, 2.75) is 20.1 Å². The molecule has 0 spiro atoms. The van der Waals surface area contributed by atoms with Crippen LogP contribution in [0.3, 0.4) is 0 Å². The van der Waals surface area contributed by atoms with E-state index in [0.29, 0.717) is 6.67 Å². The van der Waals surface area contributed by atoms with Crippen molar-refractivity contribution >= 4 is 6.29 Å². The summed E-state index contributed by atoms with van der Waals surface area (Å²) in [5.74, 6) is 0. The lowest BCUT2D eigenvalue weighted by molar-refractivity contribution is -0.218. The average molecular weight is 202 g/mol. The Hall–Kier alpha value is -0.490. The minimum atomic E-state index is -0.0319. The van der Waals surface area contributed by atoms with E-state index in [9.17, 15) is 4.79 Å². The lowest BCUT2D eigenvalue weighted by atomic mass is 9.89. The molecule has 0 aliphatic carbocycles. The summed E-state index contributed by atoms with van der Waals surface area (Å²) in [5, 5.41) is 4.92. The Bertz CT molecular complexity index is 196. The molecule has 5 nitrogen and oxygen atoms in total. The number of nitrogens with zero attached hydrogens (tertiary/aromatic N) is 1. The topological polar surface area (TPSA) is 50.8 Å². The van der Waals surface area contributed by atoms with Gasteiger partial charge in [0.05, 0.1) is 6.67 Å². The van der Waals surface area contributed by atoms with Crippen LogP contribution in [0.15, 0.2) is 0 Å². The number of hydrogen-bond donors (Lipinski definition) is 1. The van der Waals surface area contributed by atoms with Gasteiger partial charge in [0, 0.05) is 19.1 Å². The van der Waals surface area contributed by atoms with Gasteiger partial charge in [-0.2, -0.15) is 5.06 Å². The minimum absolute atomic E-state index is 0.0265. The summed E-state index contributed by atoms with van der Waals surface area (Å²) in [4.78, 5) is 15.3. The van der Waals surface area contributed by atoms with Gasteiger partial charge >= 0.3 is 0 Å². The number of nitrogens with one attached hydrogen (secondary N) is 1. The third kappa shape index (κ3) is 2.75. The summed E-state index contributed by atoms with van der Waals surface area (Å²) in [5.41, 5.74) is -0.0319. The summed E-state index contributed by atoms with van der Waals surface area (Å²) in [6.45, 7) is 5.60. The van der Waals surface area contributed by atoms with Gasteiger partial charge in [-0.25, -0.2) is 0 Å². The number of carbonyl (C=O) groups excluding carboxylic acids is 1. The highest BCUT2D eigenvalue weighted by molar-refractivity contribution is 5.50. The van der Waals surface area contributed by atoms with Gasteiger partial charge in [-0.1, -0.05) is 13.8 Å². The van der Waals surface area contributed by atoms with Crippen molar-refractivity contribution in [3.8, 4) is 0 Å². The molecule has 0 amide bonds. The van der Waals surface area contributed by atoms with Crippen LogP contribution in [0.4, 0.5) is 0 Å². The van der Waals surface area contributed by atoms with Crippen molar-refractivity contribution in [1.29, 1.82) is 0 Å². The Morgan fingerprint density at radius 1 is 1.64 bits per heavy atom. The number of ether oxygens (including phenoxy) is 1. The first kappa shape index (κ1) is 11.6. The molecule has 1 saturated heterocycles. The molecule has 1 atom stereocenters. The van der Waals surface area contributed by atoms with Gasteiger partial charge in [0.25, 0.3) is 0 Å². The van der Waals surface area contributed by atoms with Crippen LogP contribution >= 0.6 is 0 Å². The highest BCUT2D eigenvalue weighted by atomic mass is 16.7. The van der Waals surface area contributed by atoms with Crippen molar-refractivity contribution in [2.75, 3.05) is 26.9 Å². The van der Waals surface area contributed by atoms with E-state index in [2.05, 4.69) is 19.2 Å². The molecule has 1 heterocycles. The molecule has 0 aromatic carbocycles. The zero-order valence-electron chi connectivity index (χ0n) is 8.95. The SMILES string of the molecule is COC1NCN(OCC=O)CC1(C)C. The van der Waals surface area contributed by atoms with Gasteiger partial charge < -0.3 is 9.53 Å². The quantitative estimate of drug-likeness (QED) is 0.649. The maximum atomic E-state index is 10.1. The predicted octanol–water partition coefficient (Wildman–Crippen LogP) is -0.0217. The maximum Gasteiger partial charge on any atom is 0.147 e. The first-order valence-corrected chi connectivity index (χ1v) is 4.68. The molecule has 5 heteroatoms. The molecule has 14 heavy (non-hydrogen) atoms. The highest BCUT2D eigenvalue weighted by Gasteiger charge is 2.36. The molecular weight excluding hydrogens is 184 g/mol. The number of aldehydes is 1. The Labute approximate surface area is 84.3 Å². The van der Waals surface area contributed by atoms with Gasteiger partial charge in [-0.15, -0.1) is 0 Å². The Morgan fingerprint density at radius 2 is 2.36 bits per heavy atom. The van der Waals surface area contributed by atoms with Crippen LogP contribution in [0.1, 0.15) is 13.8 Å². The normalized spacial score (nSPS) is 27.5. The summed E-state index contributed by atoms with van der Waals surface area (Å²) in [6.07, 6.45) is 0.772. The Balaban J connectivity index is 2.45. The zero-order valence-corrected chi connectivity index (χ0v) is 8.95. The molecule has 0 aromatic rings. The van der Waals surface area contributed by atoms with Crippen LogP contribution in [0.2, 0.25) is 0 Å². The molecule has 0 aromatic heterocycles. The van der Waals surface area contributed by atoms with E-state index < -0.39 is 0 Å². The summed E-state index contributed by atoms with van der Waals surface area (Å²) >= 11 is 0. The molecule has 1 N–H and O–H groups in total. The third-order valence-electron chi connectivity index (χ3n) is 2.31. The van der Waals surface area contributed by atoms with E-state index >= 15 is 0 Å². The Morgan fingerprint density at radius 3 is 2.86 bits per heavy atom. The number of rotatable bonds is 4.